The van der Waals surface area contributed by atoms with Crippen LogP contribution in [-0.2, 0) is 0 Å². The molecule has 3 aliphatic rings. The summed E-state index contributed by atoms with van der Waals surface area (Å²) in [5.41, 5.74) is 0. The topological polar surface area (TPSA) is 20.2 Å². The fourth-order valence-corrected chi connectivity index (χ4v) is 5.60. The summed E-state index contributed by atoms with van der Waals surface area (Å²) < 4.78 is 0. The Balaban J connectivity index is 1.60. The zero-order valence-corrected chi connectivity index (χ0v) is 12.7. The lowest BCUT2D eigenvalue weighted by molar-refractivity contribution is -0.00563. The van der Waals surface area contributed by atoms with Gasteiger partial charge in [-0.3, -0.25) is 0 Å². The molecule has 3 fully saturated rings. The molecule has 110 valence electrons. The first-order valence-corrected chi connectivity index (χ1v) is 8.96. The van der Waals surface area contributed by atoms with Gasteiger partial charge in [-0.25, -0.2) is 0 Å². The van der Waals surface area contributed by atoms with Crippen LogP contribution in [0.1, 0.15) is 77.6 Å². The molecular formula is C18H32O. The fraction of sp³-hybridized carbons (Fsp3) is 1.00. The summed E-state index contributed by atoms with van der Waals surface area (Å²) in [5.74, 6) is 4.92. The summed E-state index contributed by atoms with van der Waals surface area (Å²) in [6, 6.07) is 0. The summed E-state index contributed by atoms with van der Waals surface area (Å²) in [4.78, 5) is 0. The maximum atomic E-state index is 9.91. The number of hydrogen-bond donors (Lipinski definition) is 1. The Morgan fingerprint density at radius 2 is 1.53 bits per heavy atom. The lowest BCUT2D eigenvalue weighted by Gasteiger charge is -2.47. The monoisotopic (exact) mass is 264 g/mol. The molecule has 0 aromatic rings. The van der Waals surface area contributed by atoms with Crippen molar-refractivity contribution in [1.29, 1.82) is 0 Å². The van der Waals surface area contributed by atoms with Crippen molar-refractivity contribution in [3.05, 3.63) is 0 Å². The first kappa shape index (κ1) is 13.9. The standard InChI is InChI=1S/C18H32O/c1-2-13-6-8-14(9-7-13)17-5-3-4-15-12-16(19)10-11-18(15)17/h13-19H,2-12H2,1H3. The Hall–Kier alpha value is -0.0400. The predicted molar refractivity (Wildman–Crippen MR) is 79.9 cm³/mol. The van der Waals surface area contributed by atoms with Gasteiger partial charge < -0.3 is 5.11 Å². The van der Waals surface area contributed by atoms with Crippen molar-refractivity contribution in [3.63, 3.8) is 0 Å². The number of hydrogen-bond acceptors (Lipinski definition) is 1. The van der Waals surface area contributed by atoms with Gasteiger partial charge in [-0.2, -0.15) is 0 Å². The van der Waals surface area contributed by atoms with E-state index >= 15 is 0 Å². The fourth-order valence-electron chi connectivity index (χ4n) is 5.60. The van der Waals surface area contributed by atoms with Gasteiger partial charge in [0.2, 0.25) is 0 Å². The molecule has 0 aromatic carbocycles. The van der Waals surface area contributed by atoms with Crippen LogP contribution < -0.4 is 0 Å². The van der Waals surface area contributed by atoms with Crippen molar-refractivity contribution >= 4 is 0 Å². The van der Waals surface area contributed by atoms with E-state index in [2.05, 4.69) is 6.92 Å². The largest absolute Gasteiger partial charge is 0.393 e. The highest BCUT2D eigenvalue weighted by Crippen LogP contribution is 2.50. The molecule has 1 nitrogen and oxygen atoms in total. The van der Waals surface area contributed by atoms with Crippen molar-refractivity contribution in [3.8, 4) is 0 Å². The molecule has 1 N–H and O–H groups in total. The third kappa shape index (κ3) is 3.01. The molecule has 19 heavy (non-hydrogen) atoms. The minimum atomic E-state index is 0.0239. The molecule has 0 heterocycles. The smallest absolute Gasteiger partial charge is 0.0543 e. The van der Waals surface area contributed by atoms with Crippen LogP contribution in [-0.4, -0.2) is 11.2 Å². The number of rotatable bonds is 2. The highest BCUT2D eigenvalue weighted by molar-refractivity contribution is 4.91. The van der Waals surface area contributed by atoms with Crippen LogP contribution in [0.5, 0.6) is 0 Å². The third-order valence-corrected chi connectivity index (χ3v) is 6.75. The van der Waals surface area contributed by atoms with E-state index in [1.807, 2.05) is 0 Å². The second-order valence-electron chi connectivity index (χ2n) is 7.67. The molecule has 0 bridgehead atoms. The SMILES string of the molecule is CCC1CCC(C2CCCC3CC(O)CCC32)CC1. The van der Waals surface area contributed by atoms with Crippen LogP contribution in [0.25, 0.3) is 0 Å². The van der Waals surface area contributed by atoms with Crippen LogP contribution >= 0.6 is 0 Å². The lowest BCUT2D eigenvalue weighted by atomic mass is 9.59. The Kier molecular flexibility index (Phi) is 4.51. The number of aliphatic hydroxyl groups excluding tert-OH is 1. The molecule has 0 amide bonds. The van der Waals surface area contributed by atoms with E-state index in [1.165, 1.54) is 57.8 Å². The highest BCUT2D eigenvalue weighted by Gasteiger charge is 2.41. The minimum Gasteiger partial charge on any atom is -0.393 e. The maximum Gasteiger partial charge on any atom is 0.0543 e. The summed E-state index contributed by atoms with van der Waals surface area (Å²) in [7, 11) is 0. The summed E-state index contributed by atoms with van der Waals surface area (Å²) in [6.45, 7) is 2.37. The van der Waals surface area contributed by atoms with E-state index < -0.39 is 0 Å². The Morgan fingerprint density at radius 1 is 0.789 bits per heavy atom. The van der Waals surface area contributed by atoms with Gasteiger partial charge in [-0.05, 0) is 68.1 Å². The molecule has 0 saturated heterocycles. The first-order chi connectivity index (χ1) is 9.28. The molecule has 0 spiro atoms. The summed E-state index contributed by atoms with van der Waals surface area (Å²) >= 11 is 0. The molecule has 4 atom stereocenters. The first-order valence-electron chi connectivity index (χ1n) is 8.96. The van der Waals surface area contributed by atoms with Crippen molar-refractivity contribution in [2.24, 2.45) is 29.6 Å². The minimum absolute atomic E-state index is 0.0239. The molecule has 3 aliphatic carbocycles. The van der Waals surface area contributed by atoms with Crippen molar-refractivity contribution in [1.82, 2.24) is 0 Å². The lowest BCUT2D eigenvalue weighted by Crippen LogP contribution is -2.39. The Morgan fingerprint density at radius 3 is 2.26 bits per heavy atom. The molecule has 3 saturated carbocycles. The van der Waals surface area contributed by atoms with E-state index in [4.69, 9.17) is 0 Å². The van der Waals surface area contributed by atoms with Gasteiger partial charge >= 0.3 is 0 Å². The second-order valence-corrected chi connectivity index (χ2v) is 7.67. The van der Waals surface area contributed by atoms with Crippen LogP contribution in [0.2, 0.25) is 0 Å². The Labute approximate surface area is 119 Å². The van der Waals surface area contributed by atoms with Gasteiger partial charge in [0.25, 0.3) is 0 Å². The average molecular weight is 264 g/mol. The van der Waals surface area contributed by atoms with Gasteiger partial charge in [0.05, 0.1) is 6.10 Å². The zero-order chi connectivity index (χ0) is 13.2. The second kappa shape index (κ2) is 6.16. The predicted octanol–water partition coefficient (Wildman–Crippen LogP) is 4.78. The van der Waals surface area contributed by atoms with Gasteiger partial charge in [-0.1, -0.05) is 39.0 Å². The Bertz CT molecular complexity index is 279. The number of aliphatic hydroxyl groups is 1. The van der Waals surface area contributed by atoms with E-state index in [9.17, 15) is 5.11 Å². The average Bonchev–Trinajstić information content (AvgIpc) is 2.46. The molecule has 3 rings (SSSR count). The molecular weight excluding hydrogens is 232 g/mol. The third-order valence-electron chi connectivity index (χ3n) is 6.75. The van der Waals surface area contributed by atoms with Crippen LogP contribution in [0.3, 0.4) is 0 Å². The van der Waals surface area contributed by atoms with E-state index in [-0.39, 0.29) is 6.10 Å². The van der Waals surface area contributed by atoms with E-state index in [1.54, 1.807) is 0 Å². The van der Waals surface area contributed by atoms with Crippen molar-refractivity contribution in [2.45, 2.75) is 83.7 Å². The summed E-state index contributed by atoms with van der Waals surface area (Å²) in [6.07, 6.45) is 15.3. The molecule has 1 heteroatoms. The van der Waals surface area contributed by atoms with Gasteiger partial charge in [0.1, 0.15) is 0 Å². The summed E-state index contributed by atoms with van der Waals surface area (Å²) in [5, 5.41) is 9.91. The molecule has 0 radical (unpaired) electrons. The van der Waals surface area contributed by atoms with Gasteiger partial charge in [-0.15, -0.1) is 0 Å². The van der Waals surface area contributed by atoms with E-state index in [0.717, 1.165) is 42.4 Å². The molecule has 4 unspecified atom stereocenters. The van der Waals surface area contributed by atoms with E-state index in [0.29, 0.717) is 0 Å². The van der Waals surface area contributed by atoms with Gasteiger partial charge in [0, 0.05) is 0 Å². The van der Waals surface area contributed by atoms with Crippen LogP contribution in [0, 0.1) is 29.6 Å². The molecule has 0 aliphatic heterocycles. The van der Waals surface area contributed by atoms with Crippen molar-refractivity contribution in [2.75, 3.05) is 0 Å². The highest BCUT2D eigenvalue weighted by atomic mass is 16.3. The zero-order valence-electron chi connectivity index (χ0n) is 12.7. The number of fused-ring (bicyclic) bond motifs is 1. The quantitative estimate of drug-likeness (QED) is 0.761. The van der Waals surface area contributed by atoms with Crippen LogP contribution in [0.4, 0.5) is 0 Å². The normalized spacial score (nSPS) is 47.7. The van der Waals surface area contributed by atoms with Crippen molar-refractivity contribution < 1.29 is 5.11 Å². The van der Waals surface area contributed by atoms with Gasteiger partial charge in [0.15, 0.2) is 0 Å². The molecule has 0 aromatic heterocycles. The van der Waals surface area contributed by atoms with Crippen LogP contribution in [0.15, 0.2) is 0 Å². The maximum absolute atomic E-state index is 9.91.